The molecule has 1 aliphatic rings. The summed E-state index contributed by atoms with van der Waals surface area (Å²) in [6.07, 6.45) is -0.231. The number of sulfonamides is 1. The highest BCUT2D eigenvalue weighted by atomic mass is 32.2. The van der Waals surface area contributed by atoms with Gasteiger partial charge in [-0.1, -0.05) is 0 Å². The zero-order valence-corrected chi connectivity index (χ0v) is 17.5. The van der Waals surface area contributed by atoms with E-state index in [1.807, 2.05) is 0 Å². The second-order valence-electron chi connectivity index (χ2n) is 7.18. The maximum Gasteiger partial charge on any atom is 0.573 e. The smallest absolute Gasteiger partial charge is 0.406 e. The summed E-state index contributed by atoms with van der Waals surface area (Å²) < 4.78 is 69.3. The van der Waals surface area contributed by atoms with Gasteiger partial charge in [-0.05, 0) is 37.3 Å². The van der Waals surface area contributed by atoms with Crippen LogP contribution in [0.15, 0.2) is 53.8 Å². The number of carbonyl (C=O) groups is 1. The summed E-state index contributed by atoms with van der Waals surface area (Å²) in [6, 6.07) is 5.25. The molecule has 1 aliphatic heterocycles. The lowest BCUT2D eigenvalue weighted by atomic mass is 10.2. The van der Waals surface area contributed by atoms with Crippen LogP contribution >= 0.6 is 0 Å². The molecule has 13 heteroatoms. The summed E-state index contributed by atoms with van der Waals surface area (Å²) in [7, 11) is -3.96. The van der Waals surface area contributed by atoms with Crippen molar-refractivity contribution in [1.82, 2.24) is 23.8 Å². The zero-order chi connectivity index (χ0) is 23.1. The molecule has 9 nitrogen and oxygen atoms in total. The van der Waals surface area contributed by atoms with Gasteiger partial charge in [0.15, 0.2) is 5.65 Å². The van der Waals surface area contributed by atoms with Crippen LogP contribution in [0.5, 0.6) is 5.75 Å². The number of benzene rings is 1. The normalized spacial score (nSPS) is 18.1. The lowest BCUT2D eigenvalue weighted by Gasteiger charge is -2.39. The molecule has 170 valence electrons. The summed E-state index contributed by atoms with van der Waals surface area (Å²) in [6.45, 7) is 1.92. The van der Waals surface area contributed by atoms with E-state index < -0.39 is 28.2 Å². The van der Waals surface area contributed by atoms with Crippen LogP contribution in [0.25, 0.3) is 5.65 Å². The molecule has 1 atom stereocenters. The summed E-state index contributed by atoms with van der Waals surface area (Å²) >= 11 is 0. The molecule has 1 fully saturated rings. The van der Waals surface area contributed by atoms with Crippen molar-refractivity contribution in [2.24, 2.45) is 0 Å². The van der Waals surface area contributed by atoms with E-state index in [0.29, 0.717) is 11.2 Å². The quantitative estimate of drug-likeness (QED) is 0.581. The van der Waals surface area contributed by atoms with Crippen molar-refractivity contribution in [2.45, 2.75) is 24.2 Å². The lowest BCUT2D eigenvalue weighted by molar-refractivity contribution is -0.274. The third-order valence-corrected chi connectivity index (χ3v) is 6.94. The van der Waals surface area contributed by atoms with Crippen LogP contribution in [0.3, 0.4) is 0 Å². The van der Waals surface area contributed by atoms with Crippen LogP contribution in [0.2, 0.25) is 0 Å². The van der Waals surface area contributed by atoms with Crippen LogP contribution in [0.4, 0.5) is 13.2 Å². The Balaban J connectivity index is 1.48. The first-order chi connectivity index (χ1) is 15.1. The van der Waals surface area contributed by atoms with E-state index in [0.717, 1.165) is 24.3 Å². The molecule has 0 N–H and O–H groups in total. The van der Waals surface area contributed by atoms with Gasteiger partial charge in [0.05, 0.1) is 11.1 Å². The Morgan fingerprint density at radius 2 is 1.91 bits per heavy atom. The van der Waals surface area contributed by atoms with Crippen molar-refractivity contribution in [1.29, 1.82) is 0 Å². The number of ether oxygens (including phenoxy) is 1. The van der Waals surface area contributed by atoms with Crippen LogP contribution in [0.1, 0.15) is 17.3 Å². The molecule has 1 aromatic carbocycles. The summed E-state index contributed by atoms with van der Waals surface area (Å²) in [5, 5.41) is 4.10. The molecular formula is C19H18F3N5O4S. The summed E-state index contributed by atoms with van der Waals surface area (Å²) in [4.78, 5) is 18.6. The minimum Gasteiger partial charge on any atom is -0.406 e. The first-order valence-corrected chi connectivity index (χ1v) is 11.0. The Morgan fingerprint density at radius 3 is 2.56 bits per heavy atom. The van der Waals surface area contributed by atoms with Gasteiger partial charge in [-0.15, -0.1) is 13.2 Å². The average Bonchev–Trinajstić information content (AvgIpc) is 3.16. The lowest BCUT2D eigenvalue weighted by Crippen LogP contribution is -2.55. The van der Waals surface area contributed by atoms with Crippen molar-refractivity contribution in [3.8, 4) is 5.75 Å². The van der Waals surface area contributed by atoms with Gasteiger partial charge < -0.3 is 9.64 Å². The van der Waals surface area contributed by atoms with Gasteiger partial charge in [-0.2, -0.15) is 9.40 Å². The Hall–Kier alpha value is -3.19. The van der Waals surface area contributed by atoms with Gasteiger partial charge in [-0.25, -0.2) is 17.9 Å². The number of aromatic nitrogens is 3. The van der Waals surface area contributed by atoms with Gasteiger partial charge in [0.1, 0.15) is 11.3 Å². The van der Waals surface area contributed by atoms with Crippen LogP contribution < -0.4 is 4.74 Å². The minimum atomic E-state index is -4.87. The molecule has 0 aliphatic carbocycles. The molecule has 2 aromatic heterocycles. The average molecular weight is 469 g/mol. The number of amides is 1. The van der Waals surface area contributed by atoms with E-state index in [-0.39, 0.29) is 30.4 Å². The maximum absolute atomic E-state index is 13.0. The fourth-order valence-electron chi connectivity index (χ4n) is 3.54. The Morgan fingerprint density at radius 1 is 1.19 bits per heavy atom. The Kier molecular flexibility index (Phi) is 5.54. The molecule has 1 unspecified atom stereocenters. The summed E-state index contributed by atoms with van der Waals surface area (Å²) in [5.74, 6) is -0.820. The number of fused-ring (bicyclic) bond motifs is 1. The van der Waals surface area contributed by atoms with Crippen molar-refractivity contribution < 1.29 is 31.1 Å². The first kappa shape index (κ1) is 22.0. The first-order valence-electron chi connectivity index (χ1n) is 9.51. The van der Waals surface area contributed by atoms with E-state index in [1.54, 1.807) is 30.3 Å². The highest BCUT2D eigenvalue weighted by molar-refractivity contribution is 7.89. The standard InChI is InChI=1S/C19H18F3N5O4S/c1-13-12-25(32(29,30)15-5-3-14(4-6-15)31-19(20,21)22)9-10-26(13)18(28)16-11-24-27-8-2-7-23-17(16)27/h2-8,11,13H,9-10,12H2,1H3. The van der Waals surface area contributed by atoms with Gasteiger partial charge >= 0.3 is 6.36 Å². The minimum absolute atomic E-state index is 0.0293. The molecule has 4 rings (SSSR count). The number of nitrogens with zero attached hydrogens (tertiary/aromatic N) is 5. The van der Waals surface area contributed by atoms with Gasteiger partial charge in [0.25, 0.3) is 5.91 Å². The second-order valence-corrected chi connectivity index (χ2v) is 9.11. The van der Waals surface area contributed by atoms with Crippen molar-refractivity contribution >= 4 is 21.6 Å². The molecule has 0 bridgehead atoms. The number of alkyl halides is 3. The maximum atomic E-state index is 13.0. The SMILES string of the molecule is CC1CN(S(=O)(=O)c2ccc(OC(F)(F)F)cc2)CCN1C(=O)c1cnn2cccnc12. The van der Waals surface area contributed by atoms with E-state index in [9.17, 15) is 26.4 Å². The Bertz CT molecular complexity index is 1240. The monoisotopic (exact) mass is 469 g/mol. The number of halogens is 3. The second kappa shape index (κ2) is 8.06. The van der Waals surface area contributed by atoms with E-state index in [4.69, 9.17) is 0 Å². The predicted molar refractivity (Wildman–Crippen MR) is 105 cm³/mol. The van der Waals surface area contributed by atoms with Crippen LogP contribution in [-0.2, 0) is 10.0 Å². The molecule has 0 saturated carbocycles. The third-order valence-electron chi connectivity index (χ3n) is 5.06. The highest BCUT2D eigenvalue weighted by Crippen LogP contribution is 2.26. The number of carbonyl (C=O) groups excluding carboxylic acids is 1. The number of rotatable bonds is 4. The van der Waals surface area contributed by atoms with Gasteiger partial charge in [0, 0.05) is 38.1 Å². The van der Waals surface area contributed by atoms with Crippen LogP contribution in [0, 0.1) is 0 Å². The molecular weight excluding hydrogens is 451 g/mol. The zero-order valence-electron chi connectivity index (χ0n) is 16.7. The summed E-state index contributed by atoms with van der Waals surface area (Å²) in [5.41, 5.74) is 0.718. The number of hydrogen-bond acceptors (Lipinski definition) is 6. The molecule has 1 amide bonds. The largest absolute Gasteiger partial charge is 0.573 e. The fourth-order valence-corrected chi connectivity index (χ4v) is 5.05. The Labute approximate surface area is 181 Å². The highest BCUT2D eigenvalue weighted by Gasteiger charge is 2.36. The van der Waals surface area contributed by atoms with Gasteiger partial charge in [-0.3, -0.25) is 4.79 Å². The molecule has 3 aromatic rings. The fraction of sp³-hybridized carbons (Fsp3) is 0.316. The topological polar surface area (TPSA) is 97.1 Å². The van der Waals surface area contributed by atoms with Gasteiger partial charge in [0.2, 0.25) is 10.0 Å². The van der Waals surface area contributed by atoms with E-state index in [1.165, 1.54) is 15.0 Å². The molecule has 0 radical (unpaired) electrons. The van der Waals surface area contributed by atoms with Crippen molar-refractivity contribution in [3.63, 3.8) is 0 Å². The van der Waals surface area contributed by atoms with Crippen molar-refractivity contribution in [3.05, 3.63) is 54.5 Å². The third kappa shape index (κ3) is 4.25. The molecule has 32 heavy (non-hydrogen) atoms. The predicted octanol–water partition coefficient (Wildman–Crippen LogP) is 2.16. The van der Waals surface area contributed by atoms with Crippen LogP contribution in [-0.4, -0.2) is 70.2 Å². The van der Waals surface area contributed by atoms with E-state index in [2.05, 4.69) is 14.8 Å². The van der Waals surface area contributed by atoms with Crippen molar-refractivity contribution in [2.75, 3.05) is 19.6 Å². The number of piperazine rings is 1. The van der Waals surface area contributed by atoms with E-state index >= 15 is 0 Å². The molecule has 3 heterocycles. The molecule has 0 spiro atoms. The molecule has 1 saturated heterocycles. The number of hydrogen-bond donors (Lipinski definition) is 0.